The molecule has 2 rings (SSSR count). The first-order valence-corrected chi connectivity index (χ1v) is 4.66. The maximum Gasteiger partial charge on any atom is 0.117 e. The molecule has 3 nitrogen and oxygen atoms in total. The topological polar surface area (TPSA) is 48.9 Å². The van der Waals surface area contributed by atoms with E-state index in [2.05, 4.69) is 31.0 Å². The maximum absolute atomic E-state index is 9.29. The Morgan fingerprint density at radius 2 is 2.00 bits per heavy atom. The van der Waals surface area contributed by atoms with E-state index in [1.807, 2.05) is 6.07 Å². The van der Waals surface area contributed by atoms with Crippen molar-refractivity contribution in [1.29, 1.82) is 0 Å². The van der Waals surface area contributed by atoms with Gasteiger partial charge in [-0.3, -0.25) is 5.10 Å². The molecule has 74 valence electrons. The minimum absolute atomic E-state index is 0.0473. The summed E-state index contributed by atoms with van der Waals surface area (Å²) in [4.78, 5) is 0. The summed E-state index contributed by atoms with van der Waals surface area (Å²) in [5.74, 6) is 0.254. The van der Waals surface area contributed by atoms with Gasteiger partial charge in [0.25, 0.3) is 0 Å². The fourth-order valence-electron chi connectivity index (χ4n) is 1.57. The molecule has 0 bridgehead atoms. The molecule has 0 radical (unpaired) electrons. The molecule has 2 N–H and O–H groups in total. The molecule has 3 heteroatoms. The highest BCUT2D eigenvalue weighted by Crippen LogP contribution is 2.29. The van der Waals surface area contributed by atoms with Crippen molar-refractivity contribution in [2.24, 2.45) is 0 Å². The smallest absolute Gasteiger partial charge is 0.117 e. The van der Waals surface area contributed by atoms with E-state index in [0.717, 1.165) is 16.6 Å². The number of hydrogen-bond donors (Lipinski definition) is 2. The highest BCUT2D eigenvalue weighted by molar-refractivity contribution is 5.83. The Morgan fingerprint density at radius 3 is 2.64 bits per heavy atom. The zero-order valence-corrected chi connectivity index (χ0v) is 8.63. The standard InChI is InChI=1S/C11H14N2O/c1-11(2,3)10-8-5-4-7(14)6-9(8)12-13-10/h4-6,14H,1-3H3,(H,12,13). The number of benzene rings is 1. The third-order valence-corrected chi connectivity index (χ3v) is 2.29. The second kappa shape index (κ2) is 2.74. The Balaban J connectivity index is 2.70. The average Bonchev–Trinajstić information content (AvgIpc) is 2.45. The molecule has 1 aromatic heterocycles. The van der Waals surface area contributed by atoms with E-state index in [-0.39, 0.29) is 11.2 Å². The van der Waals surface area contributed by atoms with Gasteiger partial charge in [-0.25, -0.2) is 0 Å². The van der Waals surface area contributed by atoms with Crippen molar-refractivity contribution in [3.05, 3.63) is 23.9 Å². The van der Waals surface area contributed by atoms with E-state index in [1.165, 1.54) is 0 Å². The second-order valence-electron chi connectivity index (χ2n) is 4.55. The Morgan fingerprint density at radius 1 is 1.29 bits per heavy atom. The summed E-state index contributed by atoms with van der Waals surface area (Å²) in [5, 5.41) is 17.5. The molecule has 0 spiro atoms. The van der Waals surface area contributed by atoms with E-state index >= 15 is 0 Å². The summed E-state index contributed by atoms with van der Waals surface area (Å²) in [7, 11) is 0. The van der Waals surface area contributed by atoms with Gasteiger partial charge in [-0.1, -0.05) is 20.8 Å². The van der Waals surface area contributed by atoms with Gasteiger partial charge in [0.05, 0.1) is 5.52 Å². The second-order valence-corrected chi connectivity index (χ2v) is 4.55. The molecule has 1 heterocycles. The SMILES string of the molecule is CC(C)(C)c1[nH]nc2cc(O)ccc12. The van der Waals surface area contributed by atoms with Crippen LogP contribution in [0.2, 0.25) is 0 Å². The molecular formula is C11H14N2O. The van der Waals surface area contributed by atoms with Crippen LogP contribution in [-0.4, -0.2) is 15.3 Å². The highest BCUT2D eigenvalue weighted by Gasteiger charge is 2.19. The normalized spacial score (nSPS) is 12.2. The summed E-state index contributed by atoms with van der Waals surface area (Å²) >= 11 is 0. The van der Waals surface area contributed by atoms with Crippen molar-refractivity contribution in [1.82, 2.24) is 10.2 Å². The van der Waals surface area contributed by atoms with Gasteiger partial charge >= 0.3 is 0 Å². The third-order valence-electron chi connectivity index (χ3n) is 2.29. The lowest BCUT2D eigenvalue weighted by Crippen LogP contribution is -2.11. The molecule has 0 fully saturated rings. The van der Waals surface area contributed by atoms with E-state index < -0.39 is 0 Å². The van der Waals surface area contributed by atoms with E-state index in [1.54, 1.807) is 12.1 Å². The summed E-state index contributed by atoms with van der Waals surface area (Å²) in [6, 6.07) is 5.25. The molecule has 14 heavy (non-hydrogen) atoms. The monoisotopic (exact) mass is 190 g/mol. The van der Waals surface area contributed by atoms with Crippen LogP contribution in [-0.2, 0) is 5.41 Å². The van der Waals surface area contributed by atoms with Gasteiger partial charge in [-0.15, -0.1) is 0 Å². The Bertz CT molecular complexity index is 466. The van der Waals surface area contributed by atoms with Gasteiger partial charge in [0.2, 0.25) is 0 Å². The minimum Gasteiger partial charge on any atom is -0.508 e. The number of aromatic amines is 1. The Labute approximate surface area is 82.8 Å². The van der Waals surface area contributed by atoms with E-state index in [9.17, 15) is 5.11 Å². The van der Waals surface area contributed by atoms with Crippen LogP contribution in [0, 0.1) is 0 Å². The number of nitrogens with one attached hydrogen (secondary N) is 1. The van der Waals surface area contributed by atoms with Crippen molar-refractivity contribution in [2.45, 2.75) is 26.2 Å². The van der Waals surface area contributed by atoms with Gasteiger partial charge in [0, 0.05) is 22.6 Å². The van der Waals surface area contributed by atoms with Crippen LogP contribution in [0.5, 0.6) is 5.75 Å². The lowest BCUT2D eigenvalue weighted by atomic mass is 9.90. The number of rotatable bonds is 0. The van der Waals surface area contributed by atoms with Gasteiger partial charge in [0.15, 0.2) is 0 Å². The number of H-pyrrole nitrogens is 1. The molecular weight excluding hydrogens is 176 g/mol. The van der Waals surface area contributed by atoms with Crippen molar-refractivity contribution < 1.29 is 5.11 Å². The summed E-state index contributed by atoms with van der Waals surface area (Å²) in [6.45, 7) is 6.40. The number of aromatic hydroxyl groups is 1. The molecule has 2 aromatic rings. The largest absolute Gasteiger partial charge is 0.508 e. The Hall–Kier alpha value is -1.51. The zero-order valence-electron chi connectivity index (χ0n) is 8.63. The zero-order chi connectivity index (χ0) is 10.3. The van der Waals surface area contributed by atoms with Crippen LogP contribution >= 0.6 is 0 Å². The number of phenolic OH excluding ortho intramolecular Hbond substituents is 1. The predicted octanol–water partition coefficient (Wildman–Crippen LogP) is 2.57. The van der Waals surface area contributed by atoms with E-state index in [4.69, 9.17) is 0 Å². The molecule has 0 aliphatic rings. The fraction of sp³-hybridized carbons (Fsp3) is 0.364. The first kappa shape index (κ1) is 9.06. The van der Waals surface area contributed by atoms with Crippen LogP contribution in [0.25, 0.3) is 10.9 Å². The number of hydrogen-bond acceptors (Lipinski definition) is 2. The molecule has 0 unspecified atom stereocenters. The van der Waals surface area contributed by atoms with Crippen molar-refractivity contribution in [2.75, 3.05) is 0 Å². The van der Waals surface area contributed by atoms with Crippen molar-refractivity contribution in [3.8, 4) is 5.75 Å². The minimum atomic E-state index is 0.0473. The fourth-order valence-corrected chi connectivity index (χ4v) is 1.57. The number of aromatic nitrogens is 2. The van der Waals surface area contributed by atoms with Crippen LogP contribution in [0.1, 0.15) is 26.5 Å². The van der Waals surface area contributed by atoms with Crippen molar-refractivity contribution in [3.63, 3.8) is 0 Å². The molecule has 0 aliphatic carbocycles. The van der Waals surface area contributed by atoms with Crippen molar-refractivity contribution >= 4 is 10.9 Å². The van der Waals surface area contributed by atoms with Gasteiger partial charge in [0.1, 0.15) is 5.75 Å². The number of phenols is 1. The predicted molar refractivity (Wildman–Crippen MR) is 56.5 cm³/mol. The molecule has 0 aliphatic heterocycles. The van der Waals surface area contributed by atoms with Crippen LogP contribution in [0.4, 0.5) is 0 Å². The summed E-state index contributed by atoms with van der Waals surface area (Å²) < 4.78 is 0. The Kier molecular flexibility index (Phi) is 1.77. The quantitative estimate of drug-likeness (QED) is 0.670. The first-order chi connectivity index (χ1) is 6.48. The van der Waals surface area contributed by atoms with Gasteiger partial charge in [-0.2, -0.15) is 5.10 Å². The molecule has 0 atom stereocenters. The maximum atomic E-state index is 9.29. The summed E-state index contributed by atoms with van der Waals surface area (Å²) in [5.41, 5.74) is 1.97. The number of nitrogens with zero attached hydrogens (tertiary/aromatic N) is 1. The lowest BCUT2D eigenvalue weighted by Gasteiger charge is -2.16. The first-order valence-electron chi connectivity index (χ1n) is 4.66. The molecule has 1 aromatic carbocycles. The van der Waals surface area contributed by atoms with Crippen LogP contribution < -0.4 is 0 Å². The third kappa shape index (κ3) is 1.35. The molecule has 0 saturated carbocycles. The summed E-state index contributed by atoms with van der Waals surface area (Å²) in [6.07, 6.45) is 0. The molecule has 0 amide bonds. The van der Waals surface area contributed by atoms with E-state index in [0.29, 0.717) is 0 Å². The van der Waals surface area contributed by atoms with Crippen LogP contribution in [0.15, 0.2) is 18.2 Å². The average molecular weight is 190 g/mol. The van der Waals surface area contributed by atoms with Gasteiger partial charge < -0.3 is 5.11 Å². The molecule has 0 saturated heterocycles. The lowest BCUT2D eigenvalue weighted by molar-refractivity contribution is 0.476. The van der Waals surface area contributed by atoms with Crippen LogP contribution in [0.3, 0.4) is 0 Å². The highest BCUT2D eigenvalue weighted by atomic mass is 16.3. The number of fused-ring (bicyclic) bond motifs is 1. The van der Waals surface area contributed by atoms with Gasteiger partial charge in [-0.05, 0) is 12.1 Å².